The van der Waals surface area contributed by atoms with Crippen LogP contribution in [0.15, 0.2) is 95.0 Å². The maximum atomic E-state index is 13.7. The summed E-state index contributed by atoms with van der Waals surface area (Å²) >= 11 is 3.43. The largest absolute Gasteiger partial charge is 0.497 e. The Bertz CT molecular complexity index is 1320. The first kappa shape index (κ1) is 22.8. The molecule has 3 aromatic rings. The highest BCUT2D eigenvalue weighted by Crippen LogP contribution is 2.59. The number of imide groups is 1. The first-order chi connectivity index (χ1) is 17.5. The van der Waals surface area contributed by atoms with E-state index in [9.17, 15) is 9.59 Å². The SMILES string of the molecule is COc1ccc(C(=C2[C@H]3C=C[C@H]2[C@H]2C(=O)N(c4ccc(Br)cc4)C(=O)[C@@H]23)c2ccc(OC)cc2)cc1. The summed E-state index contributed by atoms with van der Waals surface area (Å²) in [6, 6.07) is 23.3. The first-order valence-corrected chi connectivity index (χ1v) is 12.7. The van der Waals surface area contributed by atoms with Crippen LogP contribution >= 0.6 is 15.9 Å². The molecule has 0 aromatic heterocycles. The molecule has 0 radical (unpaired) electrons. The molecule has 180 valence electrons. The molecule has 1 saturated carbocycles. The second-order valence-electron chi connectivity index (χ2n) is 9.26. The van der Waals surface area contributed by atoms with E-state index in [1.165, 1.54) is 4.90 Å². The van der Waals surface area contributed by atoms with Crippen LogP contribution in [0.3, 0.4) is 0 Å². The predicted molar refractivity (Wildman–Crippen MR) is 142 cm³/mol. The summed E-state index contributed by atoms with van der Waals surface area (Å²) in [7, 11) is 3.29. The lowest BCUT2D eigenvalue weighted by Crippen LogP contribution is -2.33. The Hall–Kier alpha value is -3.64. The number of hydrogen-bond acceptors (Lipinski definition) is 4. The smallest absolute Gasteiger partial charge is 0.238 e. The number of halogens is 1. The van der Waals surface area contributed by atoms with Crippen LogP contribution in [0.2, 0.25) is 0 Å². The van der Waals surface area contributed by atoms with Gasteiger partial charge in [0.25, 0.3) is 0 Å². The van der Waals surface area contributed by atoms with Crippen LogP contribution in [0.5, 0.6) is 11.5 Å². The van der Waals surface area contributed by atoms with E-state index in [2.05, 4.69) is 28.1 Å². The van der Waals surface area contributed by atoms with Gasteiger partial charge in [0.1, 0.15) is 11.5 Å². The van der Waals surface area contributed by atoms with Gasteiger partial charge in [-0.25, -0.2) is 4.90 Å². The summed E-state index contributed by atoms with van der Waals surface area (Å²) in [6.07, 6.45) is 4.23. The van der Waals surface area contributed by atoms with Crippen molar-refractivity contribution in [3.63, 3.8) is 0 Å². The number of carbonyl (C=O) groups is 2. The molecule has 5 nitrogen and oxygen atoms in total. The summed E-state index contributed by atoms with van der Waals surface area (Å²) in [5.41, 5.74) is 4.87. The van der Waals surface area contributed by atoms with Crippen LogP contribution in [0, 0.1) is 23.7 Å². The van der Waals surface area contributed by atoms with E-state index >= 15 is 0 Å². The molecule has 0 unspecified atom stereocenters. The number of anilines is 1. The molecule has 3 aromatic carbocycles. The molecule has 0 N–H and O–H groups in total. The van der Waals surface area contributed by atoms with Crippen molar-refractivity contribution in [1.29, 1.82) is 0 Å². The molecular weight excluding hydrogens is 518 g/mol. The monoisotopic (exact) mass is 541 g/mol. The zero-order chi connectivity index (χ0) is 25.0. The summed E-state index contributed by atoms with van der Waals surface area (Å²) in [4.78, 5) is 28.8. The van der Waals surface area contributed by atoms with Gasteiger partial charge < -0.3 is 9.47 Å². The van der Waals surface area contributed by atoms with Crippen molar-refractivity contribution >= 4 is 39.0 Å². The van der Waals surface area contributed by atoms with Crippen molar-refractivity contribution in [2.75, 3.05) is 19.1 Å². The fourth-order valence-corrected chi connectivity index (χ4v) is 6.22. The molecule has 6 heteroatoms. The topological polar surface area (TPSA) is 55.8 Å². The van der Waals surface area contributed by atoms with Crippen LogP contribution in [-0.2, 0) is 9.59 Å². The van der Waals surface area contributed by atoms with E-state index in [0.717, 1.165) is 38.2 Å². The Morgan fingerprint density at radius 1 is 0.694 bits per heavy atom. The highest BCUT2D eigenvalue weighted by Gasteiger charge is 2.62. The van der Waals surface area contributed by atoms with Gasteiger partial charge in [0.05, 0.1) is 31.7 Å². The van der Waals surface area contributed by atoms with Crippen LogP contribution in [0.1, 0.15) is 11.1 Å². The minimum absolute atomic E-state index is 0.120. The molecule has 2 bridgehead atoms. The number of rotatable bonds is 5. The van der Waals surface area contributed by atoms with Crippen LogP contribution in [0.4, 0.5) is 5.69 Å². The van der Waals surface area contributed by atoms with Gasteiger partial charge in [0.15, 0.2) is 0 Å². The lowest BCUT2D eigenvalue weighted by atomic mass is 9.85. The van der Waals surface area contributed by atoms with E-state index in [1.807, 2.05) is 72.8 Å². The predicted octanol–water partition coefficient (Wildman–Crippen LogP) is 5.89. The second kappa shape index (κ2) is 8.79. The number of nitrogens with zero attached hydrogens (tertiary/aromatic N) is 1. The Morgan fingerprint density at radius 2 is 1.14 bits per heavy atom. The average Bonchev–Trinajstić information content (AvgIpc) is 3.55. The molecule has 2 amide bonds. The number of methoxy groups -OCH3 is 2. The van der Waals surface area contributed by atoms with Crippen LogP contribution < -0.4 is 14.4 Å². The maximum Gasteiger partial charge on any atom is 0.238 e. The summed E-state index contributed by atoms with van der Waals surface area (Å²) in [5.74, 6) is 0.272. The Balaban J connectivity index is 1.47. The molecule has 4 atom stereocenters. The number of carbonyl (C=O) groups excluding carboxylic acids is 2. The zero-order valence-corrected chi connectivity index (χ0v) is 21.4. The number of amides is 2. The molecule has 6 rings (SSSR count). The van der Waals surface area contributed by atoms with E-state index < -0.39 is 11.8 Å². The Morgan fingerprint density at radius 3 is 1.56 bits per heavy atom. The number of ether oxygens (including phenoxy) is 2. The second-order valence-corrected chi connectivity index (χ2v) is 10.2. The molecule has 36 heavy (non-hydrogen) atoms. The van der Waals surface area contributed by atoms with Gasteiger partial charge in [0, 0.05) is 16.3 Å². The van der Waals surface area contributed by atoms with Gasteiger partial charge in [-0.3, -0.25) is 9.59 Å². The van der Waals surface area contributed by atoms with Gasteiger partial charge in [-0.15, -0.1) is 0 Å². The third kappa shape index (κ3) is 3.43. The quantitative estimate of drug-likeness (QED) is 0.298. The van der Waals surface area contributed by atoms with E-state index in [0.29, 0.717) is 5.69 Å². The van der Waals surface area contributed by atoms with Gasteiger partial charge in [-0.05, 0) is 70.8 Å². The van der Waals surface area contributed by atoms with Gasteiger partial charge in [-0.1, -0.05) is 52.3 Å². The normalized spacial score (nSPS) is 23.9. The molecule has 2 aliphatic carbocycles. The van der Waals surface area contributed by atoms with Crippen molar-refractivity contribution in [3.8, 4) is 11.5 Å². The summed E-state index contributed by atoms with van der Waals surface area (Å²) in [6.45, 7) is 0. The van der Waals surface area contributed by atoms with Crippen LogP contribution in [0.25, 0.3) is 5.57 Å². The number of allylic oxidation sites excluding steroid dienone is 3. The molecule has 2 fully saturated rings. The fourth-order valence-electron chi connectivity index (χ4n) is 5.96. The van der Waals surface area contributed by atoms with Crippen molar-refractivity contribution < 1.29 is 19.1 Å². The van der Waals surface area contributed by atoms with Gasteiger partial charge >= 0.3 is 0 Å². The number of hydrogen-bond donors (Lipinski definition) is 0. The summed E-state index contributed by atoms with van der Waals surface area (Å²) < 4.78 is 11.6. The lowest BCUT2D eigenvalue weighted by molar-refractivity contribution is -0.122. The lowest BCUT2D eigenvalue weighted by Gasteiger charge is -2.22. The highest BCUT2D eigenvalue weighted by molar-refractivity contribution is 9.10. The van der Waals surface area contributed by atoms with Crippen molar-refractivity contribution in [3.05, 3.63) is 106 Å². The standard InChI is InChI=1S/C30H24BrNO4/c1-35-21-11-3-17(4-12-21)25(18-5-13-22(36-2)14-6-18)26-23-15-16-24(26)28-27(23)29(33)32(30(28)34)20-9-7-19(31)8-10-20/h3-16,23-24,27-28H,1-2H3/t23-,24-,27-,28-/m1/s1. The minimum Gasteiger partial charge on any atom is -0.497 e. The van der Waals surface area contributed by atoms with Crippen molar-refractivity contribution in [1.82, 2.24) is 0 Å². The zero-order valence-electron chi connectivity index (χ0n) is 19.9. The summed E-state index contributed by atoms with van der Waals surface area (Å²) in [5, 5.41) is 0. The Kier molecular flexibility index (Phi) is 5.56. The first-order valence-electron chi connectivity index (χ1n) is 11.9. The fraction of sp³-hybridized carbons (Fsp3) is 0.200. The minimum atomic E-state index is -0.391. The average molecular weight is 542 g/mol. The van der Waals surface area contributed by atoms with E-state index in [1.54, 1.807) is 14.2 Å². The molecule has 1 heterocycles. The molecular formula is C30H24BrNO4. The van der Waals surface area contributed by atoms with Crippen molar-refractivity contribution in [2.24, 2.45) is 23.7 Å². The Labute approximate surface area is 218 Å². The molecule has 0 spiro atoms. The number of fused-ring (bicyclic) bond motifs is 5. The van der Waals surface area contributed by atoms with Gasteiger partial charge in [-0.2, -0.15) is 0 Å². The van der Waals surface area contributed by atoms with Crippen LogP contribution in [-0.4, -0.2) is 26.0 Å². The van der Waals surface area contributed by atoms with E-state index in [-0.39, 0.29) is 23.7 Å². The molecule has 1 saturated heterocycles. The van der Waals surface area contributed by atoms with E-state index in [4.69, 9.17) is 9.47 Å². The highest BCUT2D eigenvalue weighted by atomic mass is 79.9. The molecule has 1 aliphatic heterocycles. The van der Waals surface area contributed by atoms with Crippen molar-refractivity contribution in [2.45, 2.75) is 0 Å². The molecule has 3 aliphatic rings. The third-order valence-electron chi connectivity index (χ3n) is 7.55. The number of benzene rings is 3. The third-order valence-corrected chi connectivity index (χ3v) is 8.08. The maximum absolute atomic E-state index is 13.7. The van der Waals surface area contributed by atoms with Gasteiger partial charge in [0.2, 0.25) is 11.8 Å².